The third kappa shape index (κ3) is 12.7. The van der Waals surface area contributed by atoms with Crippen molar-refractivity contribution in [1.82, 2.24) is 10.4 Å². The van der Waals surface area contributed by atoms with E-state index in [9.17, 15) is 4.79 Å². The van der Waals surface area contributed by atoms with Crippen LogP contribution >= 0.6 is 0 Å². The highest BCUT2D eigenvalue weighted by atomic mass is 16.6. The van der Waals surface area contributed by atoms with Gasteiger partial charge in [-0.25, -0.2) is 5.48 Å². The minimum Gasteiger partial charge on any atom is -0.493 e. The molecule has 1 N–H and O–H groups in total. The maximum atomic E-state index is 12.3. The maximum absolute atomic E-state index is 12.3. The molecule has 0 bridgehead atoms. The van der Waals surface area contributed by atoms with Gasteiger partial charge in [-0.15, -0.1) is 0 Å². The van der Waals surface area contributed by atoms with Crippen LogP contribution in [0.4, 0.5) is 5.69 Å². The topological polar surface area (TPSA) is 63.3 Å². The molecule has 1 saturated heterocycles. The van der Waals surface area contributed by atoms with Crippen molar-refractivity contribution in [3.63, 3.8) is 0 Å². The summed E-state index contributed by atoms with van der Waals surface area (Å²) in [6.45, 7) is 12.0. The van der Waals surface area contributed by atoms with Crippen LogP contribution < -0.4 is 19.9 Å². The number of carbonyl (C=O) groups excluding carboxylic acids is 1. The normalized spacial score (nSPS) is 16.6. The smallest absolute Gasteiger partial charge is 0.257 e. The van der Waals surface area contributed by atoms with Crippen molar-refractivity contribution in [1.29, 1.82) is 0 Å². The molecule has 2 aromatic rings. The van der Waals surface area contributed by atoms with Crippen molar-refractivity contribution in [2.75, 3.05) is 44.7 Å². The van der Waals surface area contributed by atoms with E-state index in [1.54, 1.807) is 13.2 Å². The number of nitrogens with one attached hydrogen (secondary N) is 1. The highest BCUT2D eigenvalue weighted by Gasteiger charge is 2.21. The molecule has 43 heavy (non-hydrogen) atoms. The lowest BCUT2D eigenvalue weighted by molar-refractivity contribution is -0.135. The van der Waals surface area contributed by atoms with Crippen LogP contribution in [0.1, 0.15) is 64.4 Å². The van der Waals surface area contributed by atoms with Gasteiger partial charge >= 0.3 is 0 Å². The molecule has 234 valence electrons. The Morgan fingerprint density at radius 2 is 1.79 bits per heavy atom. The first-order chi connectivity index (χ1) is 21.0. The van der Waals surface area contributed by atoms with Gasteiger partial charge in [-0.05, 0) is 63.1 Å². The predicted molar refractivity (Wildman–Crippen MR) is 177 cm³/mol. The Morgan fingerprint density at radius 3 is 2.51 bits per heavy atom. The van der Waals surface area contributed by atoms with E-state index >= 15 is 0 Å². The van der Waals surface area contributed by atoms with Crippen LogP contribution in [-0.2, 0) is 16.2 Å². The van der Waals surface area contributed by atoms with E-state index in [0.29, 0.717) is 13.2 Å². The van der Waals surface area contributed by atoms with Gasteiger partial charge in [0.1, 0.15) is 0 Å². The molecule has 1 aliphatic heterocycles. The number of hydroxylamine groups is 1. The number of rotatable bonds is 12. The summed E-state index contributed by atoms with van der Waals surface area (Å²) in [4.78, 5) is 22.3. The van der Waals surface area contributed by atoms with E-state index in [1.807, 2.05) is 42.5 Å². The van der Waals surface area contributed by atoms with Crippen molar-refractivity contribution in [3.05, 3.63) is 90.6 Å². The average molecular weight is 590 g/mol. The lowest BCUT2D eigenvalue weighted by atomic mass is 9.98. The largest absolute Gasteiger partial charge is 0.493 e. The Labute approximate surface area is 259 Å². The van der Waals surface area contributed by atoms with Gasteiger partial charge in [-0.3, -0.25) is 14.5 Å². The fourth-order valence-electron chi connectivity index (χ4n) is 5.26. The molecule has 7 heteroatoms. The Bertz CT molecular complexity index is 1160. The molecule has 4 rings (SSSR count). The number of methoxy groups -OCH3 is 1. The average Bonchev–Trinajstić information content (AvgIpc) is 3.27. The summed E-state index contributed by atoms with van der Waals surface area (Å²) in [7, 11) is 1.70. The van der Waals surface area contributed by atoms with E-state index in [1.165, 1.54) is 24.8 Å². The van der Waals surface area contributed by atoms with Crippen molar-refractivity contribution >= 4 is 11.6 Å². The number of amides is 1. The van der Waals surface area contributed by atoms with E-state index in [0.717, 1.165) is 74.6 Å². The summed E-state index contributed by atoms with van der Waals surface area (Å²) < 4.78 is 11.9. The summed E-state index contributed by atoms with van der Waals surface area (Å²) in [6.07, 6.45) is 16.4. The second kappa shape index (κ2) is 19.6. The molecule has 0 atom stereocenters. The minimum absolute atomic E-state index is 0.114. The Hall–Kier alpha value is -3.55. The molecule has 0 spiro atoms. The number of hydrogen-bond donors (Lipinski definition) is 1. The van der Waals surface area contributed by atoms with E-state index in [2.05, 4.69) is 60.0 Å². The second-order valence-electron chi connectivity index (χ2n) is 11.1. The van der Waals surface area contributed by atoms with Crippen LogP contribution in [0.3, 0.4) is 0 Å². The molecule has 1 aliphatic carbocycles. The standard InChI is InChI=1S/C27H37N3O4.C9H14/c1-32-25-14-13-23(19-26(25)34-24-11-6-3-7-12-24)30-16-8-15-29(17-18-30)20-27(31)28-33-21-22-9-4-2-5-10-22;1-4-6-8-9(3)7-5-2/h2,4-5,9-10,13-14,19,24H,3,6-8,11-12,15-18,20-21H2,1H3,(H,28,31);5-8H,2,4H2,1,3H3/b;8-6-,9-7-. The van der Waals surface area contributed by atoms with Crippen LogP contribution in [0.15, 0.2) is 85.0 Å². The predicted octanol–water partition coefficient (Wildman–Crippen LogP) is 7.25. The van der Waals surface area contributed by atoms with E-state index in [-0.39, 0.29) is 12.0 Å². The number of hydrogen-bond acceptors (Lipinski definition) is 6. The van der Waals surface area contributed by atoms with Gasteiger partial charge in [0.2, 0.25) is 0 Å². The van der Waals surface area contributed by atoms with Gasteiger partial charge in [0.15, 0.2) is 11.5 Å². The third-order valence-corrected chi connectivity index (χ3v) is 7.58. The number of allylic oxidation sites excluding steroid dienone is 5. The highest BCUT2D eigenvalue weighted by molar-refractivity contribution is 5.76. The molecule has 1 heterocycles. The first-order valence-electron chi connectivity index (χ1n) is 15.7. The van der Waals surface area contributed by atoms with Crippen molar-refractivity contribution in [3.8, 4) is 11.5 Å². The lowest BCUT2D eigenvalue weighted by Gasteiger charge is -2.27. The zero-order valence-corrected chi connectivity index (χ0v) is 26.4. The summed E-state index contributed by atoms with van der Waals surface area (Å²) in [5.41, 5.74) is 6.00. The van der Waals surface area contributed by atoms with Gasteiger partial charge in [-0.2, -0.15) is 0 Å². The number of carbonyl (C=O) groups is 1. The van der Waals surface area contributed by atoms with E-state index < -0.39 is 0 Å². The molecular formula is C36H51N3O4. The number of benzene rings is 2. The number of nitrogens with zero attached hydrogens (tertiary/aromatic N) is 2. The number of ether oxygens (including phenoxy) is 2. The molecule has 2 fully saturated rings. The van der Waals surface area contributed by atoms with Crippen LogP contribution in [0.2, 0.25) is 0 Å². The van der Waals surface area contributed by atoms with Crippen LogP contribution in [0, 0.1) is 0 Å². The van der Waals surface area contributed by atoms with E-state index in [4.69, 9.17) is 14.3 Å². The van der Waals surface area contributed by atoms with Crippen LogP contribution in [0.5, 0.6) is 11.5 Å². The van der Waals surface area contributed by atoms with Crippen LogP contribution in [-0.4, -0.2) is 56.7 Å². The molecule has 0 radical (unpaired) electrons. The van der Waals surface area contributed by atoms with Gasteiger partial charge in [0.25, 0.3) is 5.91 Å². The summed E-state index contributed by atoms with van der Waals surface area (Å²) in [6, 6.07) is 16.0. The minimum atomic E-state index is -0.114. The SMILES string of the molecule is C=C/C=C(C)\C=C/CC.COc1ccc(N2CCCN(CC(=O)NOCc3ccccc3)CC2)cc1OC1CCCCC1. The first-order valence-corrected chi connectivity index (χ1v) is 15.7. The zero-order chi connectivity index (χ0) is 30.7. The third-order valence-electron chi connectivity index (χ3n) is 7.58. The first kappa shape index (κ1) is 33.9. The molecule has 1 saturated carbocycles. The van der Waals surface area contributed by atoms with Crippen LogP contribution in [0.25, 0.3) is 0 Å². The monoisotopic (exact) mass is 589 g/mol. The van der Waals surface area contributed by atoms with Crippen molar-refractivity contribution in [2.24, 2.45) is 0 Å². The molecule has 0 aromatic heterocycles. The lowest BCUT2D eigenvalue weighted by Crippen LogP contribution is -2.39. The maximum Gasteiger partial charge on any atom is 0.257 e. The zero-order valence-electron chi connectivity index (χ0n) is 26.4. The molecule has 1 amide bonds. The van der Waals surface area contributed by atoms with Crippen molar-refractivity contribution in [2.45, 2.75) is 71.5 Å². The van der Waals surface area contributed by atoms with Gasteiger partial charge in [-0.1, -0.05) is 80.1 Å². The molecular weight excluding hydrogens is 538 g/mol. The quantitative estimate of drug-likeness (QED) is 0.208. The fourth-order valence-corrected chi connectivity index (χ4v) is 5.26. The fraction of sp³-hybridized carbons (Fsp3) is 0.472. The van der Waals surface area contributed by atoms with Gasteiger partial charge < -0.3 is 14.4 Å². The second-order valence-corrected chi connectivity index (χ2v) is 11.1. The summed E-state index contributed by atoms with van der Waals surface area (Å²) >= 11 is 0. The Morgan fingerprint density at radius 1 is 1.00 bits per heavy atom. The Kier molecular flexibility index (Phi) is 15.5. The number of anilines is 1. The molecule has 0 unspecified atom stereocenters. The van der Waals surface area contributed by atoms with Crippen molar-refractivity contribution < 1.29 is 19.1 Å². The summed E-state index contributed by atoms with van der Waals surface area (Å²) in [5.74, 6) is 1.51. The summed E-state index contributed by atoms with van der Waals surface area (Å²) in [5, 5.41) is 0. The molecule has 2 aromatic carbocycles. The molecule has 7 nitrogen and oxygen atoms in total. The Balaban J connectivity index is 0.000000489. The molecule has 2 aliphatic rings. The van der Waals surface area contributed by atoms with Gasteiger partial charge in [0.05, 0.1) is 26.4 Å². The highest BCUT2D eigenvalue weighted by Crippen LogP contribution is 2.35. The van der Waals surface area contributed by atoms with Gasteiger partial charge in [0, 0.05) is 37.9 Å².